The summed E-state index contributed by atoms with van der Waals surface area (Å²) < 4.78 is 2.36. The van der Waals surface area contributed by atoms with Gasteiger partial charge >= 0.3 is 0 Å². The van der Waals surface area contributed by atoms with Gasteiger partial charge in [0.25, 0.3) is 0 Å². The summed E-state index contributed by atoms with van der Waals surface area (Å²) in [5.74, 6) is 0. The van der Waals surface area contributed by atoms with Crippen LogP contribution in [0.15, 0.2) is 17.5 Å². The maximum absolute atomic E-state index is 10.8. The molecule has 0 aliphatic carbocycles. The fourth-order valence-corrected chi connectivity index (χ4v) is 4.40. The van der Waals surface area contributed by atoms with Gasteiger partial charge in [0.15, 0.2) is 6.29 Å². The molecular formula is C10H6BrIOS. The molecule has 2 rings (SSSR count). The third-order valence-electron chi connectivity index (χ3n) is 2.06. The van der Waals surface area contributed by atoms with Gasteiger partial charge in [-0.3, -0.25) is 4.79 Å². The average Bonchev–Trinajstić information content (AvgIpc) is 2.62. The summed E-state index contributed by atoms with van der Waals surface area (Å²) in [6.07, 6.45) is 0.930. The van der Waals surface area contributed by atoms with E-state index >= 15 is 0 Å². The lowest BCUT2D eigenvalue weighted by molar-refractivity contribution is 0.112. The van der Waals surface area contributed by atoms with Crippen molar-refractivity contribution in [1.82, 2.24) is 0 Å². The average molecular weight is 381 g/mol. The highest BCUT2D eigenvalue weighted by molar-refractivity contribution is 14.1. The van der Waals surface area contributed by atoms with E-state index in [4.69, 9.17) is 0 Å². The summed E-state index contributed by atoms with van der Waals surface area (Å²) in [6, 6.07) is 4.18. The normalized spacial score (nSPS) is 10.7. The van der Waals surface area contributed by atoms with Crippen molar-refractivity contribution in [3.05, 3.63) is 32.2 Å². The Bertz CT molecular complexity index is 492. The molecule has 0 saturated carbocycles. The van der Waals surface area contributed by atoms with Crippen LogP contribution in [0.4, 0.5) is 0 Å². The number of carbonyl (C=O) groups is 1. The molecule has 14 heavy (non-hydrogen) atoms. The van der Waals surface area contributed by atoms with Gasteiger partial charge in [0, 0.05) is 29.9 Å². The molecule has 4 heteroatoms. The monoisotopic (exact) mass is 380 g/mol. The smallest absolute Gasteiger partial charge is 0.151 e. The fraction of sp³-hybridized carbons (Fsp3) is 0.100. The maximum atomic E-state index is 10.8. The first-order chi connectivity index (χ1) is 6.77. The second-order valence-electron chi connectivity index (χ2n) is 2.85. The van der Waals surface area contributed by atoms with Crippen LogP contribution >= 0.6 is 49.9 Å². The van der Waals surface area contributed by atoms with E-state index in [0.717, 1.165) is 22.6 Å². The molecule has 0 atom stereocenters. The van der Waals surface area contributed by atoms with E-state index in [-0.39, 0.29) is 0 Å². The number of thiophene rings is 1. The molecule has 1 heterocycles. The van der Waals surface area contributed by atoms with Crippen LogP contribution in [0.2, 0.25) is 0 Å². The van der Waals surface area contributed by atoms with Crippen molar-refractivity contribution in [2.24, 2.45) is 0 Å². The van der Waals surface area contributed by atoms with Gasteiger partial charge in [-0.15, -0.1) is 11.3 Å². The third-order valence-corrected chi connectivity index (χ3v) is 4.86. The molecule has 0 bridgehead atoms. The molecule has 2 aromatic rings. The van der Waals surface area contributed by atoms with Gasteiger partial charge in [0.2, 0.25) is 0 Å². The molecule has 0 saturated heterocycles. The zero-order valence-electron chi connectivity index (χ0n) is 7.09. The largest absolute Gasteiger partial charge is 0.298 e. The van der Waals surface area contributed by atoms with E-state index in [2.05, 4.69) is 50.7 Å². The Hall–Kier alpha value is 0.0600. The Kier molecular flexibility index (Phi) is 3.23. The summed E-state index contributed by atoms with van der Waals surface area (Å²) in [5, 5.41) is 3.84. The van der Waals surface area contributed by atoms with Crippen molar-refractivity contribution in [3.63, 3.8) is 0 Å². The van der Waals surface area contributed by atoms with Crippen LogP contribution in [0.1, 0.15) is 15.9 Å². The second kappa shape index (κ2) is 4.28. The minimum Gasteiger partial charge on any atom is -0.298 e. The van der Waals surface area contributed by atoms with Gasteiger partial charge in [-0.25, -0.2) is 0 Å². The summed E-state index contributed by atoms with van der Waals surface area (Å²) in [5.41, 5.74) is 2.04. The molecule has 1 aromatic heterocycles. The lowest BCUT2D eigenvalue weighted by Crippen LogP contribution is -1.86. The summed E-state index contributed by atoms with van der Waals surface area (Å²) in [6.45, 7) is 0. The van der Waals surface area contributed by atoms with Gasteiger partial charge in [0.1, 0.15) is 0 Å². The van der Waals surface area contributed by atoms with Crippen molar-refractivity contribution in [2.75, 3.05) is 0 Å². The second-order valence-corrected chi connectivity index (χ2v) is 5.41. The zero-order valence-corrected chi connectivity index (χ0v) is 11.6. The summed E-state index contributed by atoms with van der Waals surface area (Å²) in [4.78, 5) is 10.8. The number of benzene rings is 1. The van der Waals surface area contributed by atoms with E-state index in [1.54, 1.807) is 11.3 Å². The van der Waals surface area contributed by atoms with E-state index in [1.165, 1.54) is 13.8 Å². The van der Waals surface area contributed by atoms with Crippen LogP contribution < -0.4 is 0 Å². The Morgan fingerprint density at radius 3 is 2.93 bits per heavy atom. The molecule has 0 amide bonds. The van der Waals surface area contributed by atoms with Gasteiger partial charge in [-0.1, -0.05) is 22.0 Å². The van der Waals surface area contributed by atoms with Gasteiger partial charge in [-0.05, 0) is 34.2 Å². The van der Waals surface area contributed by atoms with Crippen molar-refractivity contribution in [2.45, 2.75) is 5.33 Å². The minimum absolute atomic E-state index is 0.803. The number of alkyl halides is 1. The lowest BCUT2D eigenvalue weighted by atomic mass is 10.1. The molecule has 1 nitrogen and oxygen atoms in total. The van der Waals surface area contributed by atoms with Crippen LogP contribution in [-0.2, 0) is 5.33 Å². The van der Waals surface area contributed by atoms with Crippen LogP contribution in [0.5, 0.6) is 0 Å². The summed E-state index contributed by atoms with van der Waals surface area (Å²) >= 11 is 7.36. The van der Waals surface area contributed by atoms with Gasteiger partial charge in [0.05, 0.1) is 0 Å². The minimum atomic E-state index is 0.803. The van der Waals surface area contributed by atoms with Crippen molar-refractivity contribution >= 4 is 66.2 Å². The molecule has 0 fully saturated rings. The highest BCUT2D eigenvalue weighted by atomic mass is 127. The number of rotatable bonds is 2. The van der Waals surface area contributed by atoms with Crippen LogP contribution in [0, 0.1) is 3.57 Å². The SMILES string of the molecule is O=Cc1csc2ccc(CBr)c(I)c12. The van der Waals surface area contributed by atoms with Crippen molar-refractivity contribution in [3.8, 4) is 0 Å². The Balaban J connectivity index is 2.83. The van der Waals surface area contributed by atoms with Crippen LogP contribution in [0.3, 0.4) is 0 Å². The van der Waals surface area contributed by atoms with Gasteiger partial charge in [-0.2, -0.15) is 0 Å². The Labute approximate surface area is 108 Å². The number of hydrogen-bond donors (Lipinski definition) is 0. The fourth-order valence-electron chi connectivity index (χ4n) is 1.34. The van der Waals surface area contributed by atoms with E-state index in [0.29, 0.717) is 0 Å². The molecule has 0 aliphatic rings. The first-order valence-electron chi connectivity index (χ1n) is 3.97. The zero-order chi connectivity index (χ0) is 10.1. The molecule has 0 radical (unpaired) electrons. The first-order valence-corrected chi connectivity index (χ1v) is 7.05. The molecule has 1 aromatic carbocycles. The van der Waals surface area contributed by atoms with Crippen molar-refractivity contribution < 1.29 is 4.79 Å². The highest BCUT2D eigenvalue weighted by Crippen LogP contribution is 2.32. The van der Waals surface area contributed by atoms with E-state index < -0.39 is 0 Å². The number of hydrogen-bond acceptors (Lipinski definition) is 2. The van der Waals surface area contributed by atoms with Crippen LogP contribution in [-0.4, -0.2) is 6.29 Å². The lowest BCUT2D eigenvalue weighted by Gasteiger charge is -2.02. The predicted octanol–water partition coefficient (Wildman–Crippen LogP) is 4.21. The Morgan fingerprint density at radius 2 is 2.29 bits per heavy atom. The van der Waals surface area contributed by atoms with Crippen molar-refractivity contribution in [1.29, 1.82) is 0 Å². The van der Waals surface area contributed by atoms with Crippen LogP contribution in [0.25, 0.3) is 10.1 Å². The summed E-state index contributed by atoms with van der Waals surface area (Å²) in [7, 11) is 0. The van der Waals surface area contributed by atoms with Gasteiger partial charge < -0.3 is 0 Å². The molecular weight excluding hydrogens is 375 g/mol. The first kappa shape index (κ1) is 10.6. The standard InChI is InChI=1S/C10H6BrIOS/c11-3-6-1-2-8-9(10(6)12)7(4-13)5-14-8/h1-2,4-5H,3H2. The number of aldehydes is 1. The molecule has 0 unspecified atom stereocenters. The highest BCUT2D eigenvalue weighted by Gasteiger charge is 2.09. The predicted molar refractivity (Wildman–Crippen MR) is 72.6 cm³/mol. The third kappa shape index (κ3) is 1.63. The number of halogens is 2. The topological polar surface area (TPSA) is 17.1 Å². The van der Waals surface area contributed by atoms with E-state index in [9.17, 15) is 4.79 Å². The quantitative estimate of drug-likeness (QED) is 0.433. The molecule has 0 spiro atoms. The molecule has 0 N–H and O–H groups in total. The van der Waals surface area contributed by atoms with E-state index in [1.807, 2.05) is 5.38 Å². The molecule has 72 valence electrons. The molecule has 0 aliphatic heterocycles. The number of fused-ring (bicyclic) bond motifs is 1. The Morgan fingerprint density at radius 1 is 1.50 bits per heavy atom. The number of carbonyl (C=O) groups excluding carboxylic acids is 1. The maximum Gasteiger partial charge on any atom is 0.151 e.